The van der Waals surface area contributed by atoms with Gasteiger partial charge in [-0.05, 0) is 37.2 Å². The van der Waals surface area contributed by atoms with Crippen molar-refractivity contribution in [1.29, 1.82) is 0 Å². The Bertz CT molecular complexity index is 944. The first-order valence-electron chi connectivity index (χ1n) is 13.6. The van der Waals surface area contributed by atoms with Crippen molar-refractivity contribution in [3.63, 3.8) is 0 Å². The Hall–Kier alpha value is -2.06. The Labute approximate surface area is 219 Å². The minimum absolute atomic E-state index is 0.0325. The van der Waals surface area contributed by atoms with Crippen LogP contribution in [-0.4, -0.2) is 69.5 Å². The molecule has 0 saturated carbocycles. The van der Waals surface area contributed by atoms with E-state index in [1.807, 2.05) is 37.3 Å². The lowest BCUT2D eigenvalue weighted by Crippen LogP contribution is -2.59. The van der Waals surface area contributed by atoms with Gasteiger partial charge in [-0.2, -0.15) is 0 Å². The third-order valence-corrected chi connectivity index (χ3v) is 10.4. The molecule has 1 aromatic rings. The zero-order chi connectivity index (χ0) is 25.9. The number of unbranched alkanes of at least 4 members (excludes halogenated alkanes) is 2. The van der Waals surface area contributed by atoms with Gasteiger partial charge >= 0.3 is 0 Å². The molecule has 1 spiro atoms. The van der Waals surface area contributed by atoms with Crippen molar-refractivity contribution in [3.05, 3.63) is 35.9 Å². The number of rotatable bonds is 12. The van der Waals surface area contributed by atoms with Crippen molar-refractivity contribution in [2.45, 2.75) is 81.4 Å². The molecule has 198 valence electrons. The molecule has 3 unspecified atom stereocenters. The van der Waals surface area contributed by atoms with Gasteiger partial charge < -0.3 is 20.6 Å². The van der Waals surface area contributed by atoms with E-state index < -0.39 is 28.7 Å². The summed E-state index contributed by atoms with van der Waals surface area (Å²) in [5.41, 5.74) is 1.00. The van der Waals surface area contributed by atoms with Gasteiger partial charge in [0.2, 0.25) is 17.7 Å². The molecule has 0 radical (unpaired) electrons. The van der Waals surface area contributed by atoms with Crippen LogP contribution < -0.4 is 10.6 Å². The minimum atomic E-state index is -0.702. The summed E-state index contributed by atoms with van der Waals surface area (Å²) >= 11 is 1.68. The maximum absolute atomic E-state index is 14.2. The van der Waals surface area contributed by atoms with Gasteiger partial charge in [0, 0.05) is 18.3 Å². The summed E-state index contributed by atoms with van der Waals surface area (Å²) in [6.45, 7) is 7.16. The number of carbonyl (C=O) groups excluding carboxylic acids is 3. The molecule has 36 heavy (non-hydrogen) atoms. The zero-order valence-electron chi connectivity index (χ0n) is 21.7. The molecule has 8 heteroatoms. The number of nitrogens with zero attached hydrogens (tertiary/aromatic N) is 1. The lowest BCUT2D eigenvalue weighted by molar-refractivity contribution is -0.142. The largest absolute Gasteiger partial charge is 0.394 e. The molecule has 3 saturated heterocycles. The van der Waals surface area contributed by atoms with Crippen LogP contribution >= 0.6 is 11.8 Å². The molecule has 1 aromatic carbocycles. The first-order valence-corrected chi connectivity index (χ1v) is 14.5. The highest BCUT2D eigenvalue weighted by Gasteiger charge is 2.76. The number of amides is 3. The molecule has 7 nitrogen and oxygen atoms in total. The second-order valence-electron chi connectivity index (χ2n) is 10.6. The third-order valence-electron chi connectivity index (χ3n) is 8.28. The first-order chi connectivity index (χ1) is 17.4. The standard InChI is InChI=1S/C28H41N3O4S/c1-4-6-10-14-30-26(34)24-28-18(3)15-21(36-28)22(25(33)29-13-5-2)23(28)27(35)31(24)20(17-32)16-19-11-8-7-9-12-19/h7-9,11-12,18,20-24,32H,4-6,10,13-17H2,1-3H3,(H,29,33)(H,30,34)/t18?,20-,21+,22-,23+,24?,28?/m1/s1. The van der Waals surface area contributed by atoms with Crippen molar-refractivity contribution in [2.75, 3.05) is 19.7 Å². The summed E-state index contributed by atoms with van der Waals surface area (Å²) in [6, 6.07) is 8.54. The summed E-state index contributed by atoms with van der Waals surface area (Å²) < 4.78 is -0.658. The number of nitrogens with one attached hydrogen (secondary N) is 2. The first kappa shape index (κ1) is 27.0. The molecule has 4 rings (SSSR count). The van der Waals surface area contributed by atoms with Crippen LogP contribution in [0.4, 0.5) is 0 Å². The third kappa shape index (κ3) is 4.67. The van der Waals surface area contributed by atoms with E-state index in [2.05, 4.69) is 24.5 Å². The highest BCUT2D eigenvalue weighted by molar-refractivity contribution is 8.02. The SMILES string of the molecule is CCCCCNC(=O)C1N([C@@H](CO)Cc2ccccc2)C(=O)[C@@H]2[C@H](C(=O)NCCC)[C@@H]3CC(C)C12S3. The van der Waals surface area contributed by atoms with Crippen LogP contribution in [0.1, 0.15) is 58.4 Å². The van der Waals surface area contributed by atoms with E-state index in [9.17, 15) is 19.5 Å². The van der Waals surface area contributed by atoms with Gasteiger partial charge in [-0.1, -0.05) is 63.9 Å². The number of fused-ring (bicyclic) bond motifs is 1. The fourth-order valence-electron chi connectivity index (χ4n) is 6.64. The van der Waals surface area contributed by atoms with Gasteiger partial charge in [0.15, 0.2) is 0 Å². The number of aliphatic hydroxyl groups is 1. The molecule has 3 aliphatic rings. The van der Waals surface area contributed by atoms with Crippen molar-refractivity contribution in [3.8, 4) is 0 Å². The maximum Gasteiger partial charge on any atom is 0.244 e. The summed E-state index contributed by atoms with van der Waals surface area (Å²) in [5, 5.41) is 16.7. The molecule has 3 N–H and O–H groups in total. The van der Waals surface area contributed by atoms with Gasteiger partial charge in [-0.15, -0.1) is 11.8 Å². The number of hydrogen-bond acceptors (Lipinski definition) is 5. The summed E-state index contributed by atoms with van der Waals surface area (Å²) in [7, 11) is 0. The fourth-order valence-corrected chi connectivity index (χ4v) is 9.05. The average Bonchev–Trinajstić information content (AvgIpc) is 3.48. The predicted octanol–water partition coefficient (Wildman–Crippen LogP) is 2.76. The Kier molecular flexibility index (Phi) is 8.66. The van der Waals surface area contributed by atoms with E-state index >= 15 is 0 Å². The molecule has 7 atom stereocenters. The van der Waals surface area contributed by atoms with Gasteiger partial charge in [-0.3, -0.25) is 14.4 Å². The van der Waals surface area contributed by atoms with Crippen LogP contribution in [0.2, 0.25) is 0 Å². The molecule has 3 amide bonds. The number of likely N-dealkylation sites (tertiary alicyclic amines) is 1. The molecular formula is C28H41N3O4S. The lowest BCUT2D eigenvalue weighted by Gasteiger charge is -2.40. The van der Waals surface area contributed by atoms with Crippen LogP contribution in [0.3, 0.4) is 0 Å². The fraction of sp³-hybridized carbons (Fsp3) is 0.679. The van der Waals surface area contributed by atoms with Gasteiger partial charge in [0.1, 0.15) is 6.04 Å². The van der Waals surface area contributed by atoms with E-state index in [1.54, 1.807) is 16.7 Å². The lowest BCUT2D eigenvalue weighted by atomic mass is 9.66. The molecule has 3 heterocycles. The van der Waals surface area contributed by atoms with E-state index in [1.165, 1.54) is 0 Å². The Morgan fingerprint density at radius 1 is 1.11 bits per heavy atom. The Morgan fingerprint density at radius 3 is 2.50 bits per heavy atom. The number of aliphatic hydroxyl groups excluding tert-OH is 1. The molecule has 2 bridgehead atoms. The number of hydrogen-bond donors (Lipinski definition) is 3. The van der Waals surface area contributed by atoms with Crippen LogP contribution in [0.5, 0.6) is 0 Å². The minimum Gasteiger partial charge on any atom is -0.394 e. The Morgan fingerprint density at radius 2 is 1.83 bits per heavy atom. The zero-order valence-corrected chi connectivity index (χ0v) is 22.6. The predicted molar refractivity (Wildman–Crippen MR) is 142 cm³/mol. The Balaban J connectivity index is 1.70. The summed E-state index contributed by atoms with van der Waals surface area (Å²) in [6.07, 6.45) is 5.08. The van der Waals surface area contributed by atoms with E-state index in [4.69, 9.17) is 0 Å². The highest BCUT2D eigenvalue weighted by Crippen LogP contribution is 2.68. The maximum atomic E-state index is 14.2. The molecule has 0 aromatic heterocycles. The quantitative estimate of drug-likeness (QED) is 0.372. The smallest absolute Gasteiger partial charge is 0.244 e. The number of carbonyl (C=O) groups is 3. The van der Waals surface area contributed by atoms with Crippen molar-refractivity contribution in [1.82, 2.24) is 15.5 Å². The summed E-state index contributed by atoms with van der Waals surface area (Å²) in [5.74, 6) is -1.26. The molecule has 3 aliphatic heterocycles. The molecule has 3 fully saturated rings. The van der Waals surface area contributed by atoms with Crippen LogP contribution in [0, 0.1) is 17.8 Å². The van der Waals surface area contributed by atoms with Gasteiger partial charge in [-0.25, -0.2) is 0 Å². The number of benzene rings is 1. The molecule has 0 aliphatic carbocycles. The average molecular weight is 516 g/mol. The van der Waals surface area contributed by atoms with Crippen LogP contribution in [-0.2, 0) is 20.8 Å². The highest BCUT2D eigenvalue weighted by atomic mass is 32.2. The van der Waals surface area contributed by atoms with Crippen molar-refractivity contribution < 1.29 is 19.5 Å². The topological polar surface area (TPSA) is 98.7 Å². The second kappa shape index (κ2) is 11.5. The summed E-state index contributed by atoms with van der Waals surface area (Å²) in [4.78, 5) is 43.0. The van der Waals surface area contributed by atoms with E-state index in [0.717, 1.165) is 37.7 Å². The van der Waals surface area contributed by atoms with Gasteiger partial charge in [0.25, 0.3) is 0 Å². The van der Waals surface area contributed by atoms with Crippen LogP contribution in [0.15, 0.2) is 30.3 Å². The monoisotopic (exact) mass is 515 g/mol. The second-order valence-corrected chi connectivity index (χ2v) is 12.2. The van der Waals surface area contributed by atoms with Gasteiger partial charge in [0.05, 0.1) is 29.2 Å². The van der Waals surface area contributed by atoms with E-state index in [0.29, 0.717) is 19.5 Å². The normalized spacial score (nSPS) is 31.4. The van der Waals surface area contributed by atoms with Crippen molar-refractivity contribution in [2.24, 2.45) is 17.8 Å². The van der Waals surface area contributed by atoms with E-state index in [-0.39, 0.29) is 35.5 Å². The number of thioether (sulfide) groups is 1. The van der Waals surface area contributed by atoms with Crippen molar-refractivity contribution >= 4 is 29.5 Å². The van der Waals surface area contributed by atoms with Crippen LogP contribution in [0.25, 0.3) is 0 Å². The molecular weight excluding hydrogens is 474 g/mol.